The summed E-state index contributed by atoms with van der Waals surface area (Å²) < 4.78 is 0. The number of carbonyl (C=O) groups is 3. The molecule has 0 aliphatic heterocycles. The van der Waals surface area contributed by atoms with Crippen LogP contribution in [0.1, 0.15) is 29.2 Å². The van der Waals surface area contributed by atoms with Gasteiger partial charge in [-0.25, -0.2) is 0 Å². The molecule has 31 heavy (non-hydrogen) atoms. The van der Waals surface area contributed by atoms with Crippen LogP contribution in [0.2, 0.25) is 0 Å². The van der Waals surface area contributed by atoms with Gasteiger partial charge in [-0.3, -0.25) is 14.4 Å². The normalized spacial score (nSPS) is 11.7. The molecule has 0 unspecified atom stereocenters. The number of rotatable bonds is 7. The molecule has 0 fully saturated rings. The summed E-state index contributed by atoms with van der Waals surface area (Å²) in [6.07, 6.45) is 2.15. The van der Waals surface area contributed by atoms with Crippen LogP contribution in [-0.2, 0) is 20.8 Å². The highest BCUT2D eigenvalue weighted by Gasteiger charge is 2.22. The molecule has 1 heterocycles. The van der Waals surface area contributed by atoms with Gasteiger partial charge in [-0.15, -0.1) is 0 Å². The number of hydrogen-bond acceptors (Lipinski definition) is 3. The molecule has 3 amide bonds. The number of anilines is 1. The van der Waals surface area contributed by atoms with Gasteiger partial charge in [0.25, 0.3) is 0 Å². The number of aromatic amines is 1. The summed E-state index contributed by atoms with van der Waals surface area (Å²) in [6.45, 7) is 7.05. The first-order valence-electron chi connectivity index (χ1n) is 10.2. The van der Waals surface area contributed by atoms with Gasteiger partial charge < -0.3 is 20.9 Å². The lowest BCUT2D eigenvalue weighted by Gasteiger charge is -2.18. The molecule has 0 radical (unpaired) electrons. The summed E-state index contributed by atoms with van der Waals surface area (Å²) >= 11 is 0. The van der Waals surface area contributed by atoms with Crippen molar-refractivity contribution in [1.29, 1.82) is 0 Å². The van der Waals surface area contributed by atoms with Crippen molar-refractivity contribution in [3.8, 4) is 0 Å². The summed E-state index contributed by atoms with van der Waals surface area (Å²) in [7, 11) is 0. The van der Waals surface area contributed by atoms with E-state index in [1.165, 1.54) is 6.92 Å². The molecule has 162 valence electrons. The Morgan fingerprint density at radius 2 is 1.71 bits per heavy atom. The van der Waals surface area contributed by atoms with Crippen LogP contribution in [0.25, 0.3) is 10.9 Å². The minimum Gasteiger partial charge on any atom is -0.361 e. The molecular weight excluding hydrogens is 392 g/mol. The van der Waals surface area contributed by atoms with E-state index < -0.39 is 11.9 Å². The van der Waals surface area contributed by atoms with E-state index in [1.54, 1.807) is 0 Å². The zero-order valence-electron chi connectivity index (χ0n) is 18.3. The van der Waals surface area contributed by atoms with Gasteiger partial charge in [-0.2, -0.15) is 0 Å². The Hall–Kier alpha value is -3.61. The predicted molar refractivity (Wildman–Crippen MR) is 122 cm³/mol. The molecule has 0 saturated heterocycles. The summed E-state index contributed by atoms with van der Waals surface area (Å²) in [5.41, 5.74) is 5.68. The van der Waals surface area contributed by atoms with Gasteiger partial charge >= 0.3 is 0 Å². The van der Waals surface area contributed by atoms with Crippen LogP contribution in [0.5, 0.6) is 0 Å². The molecule has 0 saturated carbocycles. The number of carbonyl (C=O) groups excluding carboxylic acids is 3. The lowest BCUT2D eigenvalue weighted by atomic mass is 10.0. The number of hydrogen-bond donors (Lipinski definition) is 4. The van der Waals surface area contributed by atoms with E-state index in [0.717, 1.165) is 38.8 Å². The van der Waals surface area contributed by atoms with E-state index in [-0.39, 0.29) is 18.4 Å². The highest BCUT2D eigenvalue weighted by molar-refractivity contribution is 5.97. The first kappa shape index (κ1) is 22.1. The second kappa shape index (κ2) is 9.47. The van der Waals surface area contributed by atoms with Crippen LogP contribution in [0.3, 0.4) is 0 Å². The van der Waals surface area contributed by atoms with Gasteiger partial charge in [0, 0.05) is 36.1 Å². The third-order valence-electron chi connectivity index (χ3n) is 5.16. The third-order valence-corrected chi connectivity index (χ3v) is 5.16. The topological polar surface area (TPSA) is 103 Å². The van der Waals surface area contributed by atoms with Gasteiger partial charge in [-0.1, -0.05) is 35.9 Å². The van der Waals surface area contributed by atoms with E-state index in [9.17, 15) is 14.4 Å². The van der Waals surface area contributed by atoms with Crippen molar-refractivity contribution in [3.05, 3.63) is 64.8 Å². The van der Waals surface area contributed by atoms with Crippen LogP contribution in [-0.4, -0.2) is 35.3 Å². The fourth-order valence-electron chi connectivity index (χ4n) is 3.83. The maximum absolute atomic E-state index is 12.8. The van der Waals surface area contributed by atoms with Crippen molar-refractivity contribution in [3.63, 3.8) is 0 Å². The fraction of sp³-hybridized carbons (Fsp3) is 0.292. The second-order valence-electron chi connectivity index (χ2n) is 7.86. The molecule has 0 bridgehead atoms. The SMILES string of the molecule is CC(=O)N[C@@H](Cc1c[nH]c2ccccc12)C(=O)NCC(=O)Nc1c(C)cc(C)cc1C. The Morgan fingerprint density at radius 3 is 2.39 bits per heavy atom. The Labute approximate surface area is 181 Å². The Bertz CT molecular complexity index is 1110. The molecular formula is C24H28N4O3. The monoisotopic (exact) mass is 420 g/mol. The van der Waals surface area contributed by atoms with Crippen molar-refractivity contribution in [2.45, 2.75) is 40.2 Å². The maximum atomic E-state index is 12.8. The number of nitrogens with one attached hydrogen (secondary N) is 4. The zero-order valence-corrected chi connectivity index (χ0v) is 18.3. The molecule has 7 nitrogen and oxygen atoms in total. The quantitative estimate of drug-likeness (QED) is 0.472. The zero-order chi connectivity index (χ0) is 22.5. The average molecular weight is 421 g/mol. The van der Waals surface area contributed by atoms with Gasteiger partial charge in [0.1, 0.15) is 6.04 Å². The molecule has 7 heteroatoms. The fourth-order valence-corrected chi connectivity index (χ4v) is 3.83. The second-order valence-corrected chi connectivity index (χ2v) is 7.86. The molecule has 4 N–H and O–H groups in total. The Morgan fingerprint density at radius 1 is 1.03 bits per heavy atom. The molecule has 2 aromatic carbocycles. The van der Waals surface area contributed by atoms with Crippen LogP contribution < -0.4 is 16.0 Å². The first-order valence-corrected chi connectivity index (χ1v) is 10.2. The number of H-pyrrole nitrogens is 1. The van der Waals surface area contributed by atoms with Crippen molar-refractivity contribution >= 4 is 34.3 Å². The van der Waals surface area contributed by atoms with Gasteiger partial charge in [0.2, 0.25) is 17.7 Å². The molecule has 3 rings (SSSR count). The molecule has 1 aromatic heterocycles. The number of para-hydroxylation sites is 1. The highest BCUT2D eigenvalue weighted by Crippen LogP contribution is 2.22. The lowest BCUT2D eigenvalue weighted by molar-refractivity contribution is -0.129. The van der Waals surface area contributed by atoms with Gasteiger partial charge in [0.15, 0.2) is 0 Å². The van der Waals surface area contributed by atoms with Crippen molar-refractivity contribution < 1.29 is 14.4 Å². The largest absolute Gasteiger partial charge is 0.361 e. The van der Waals surface area contributed by atoms with E-state index in [4.69, 9.17) is 0 Å². The van der Waals surface area contributed by atoms with Crippen LogP contribution >= 0.6 is 0 Å². The molecule has 0 aliphatic carbocycles. The minimum atomic E-state index is -0.785. The van der Waals surface area contributed by atoms with E-state index in [2.05, 4.69) is 20.9 Å². The molecule has 1 atom stereocenters. The smallest absolute Gasteiger partial charge is 0.243 e. The van der Waals surface area contributed by atoms with Crippen molar-refractivity contribution in [2.24, 2.45) is 0 Å². The van der Waals surface area contributed by atoms with E-state index >= 15 is 0 Å². The van der Waals surface area contributed by atoms with Crippen LogP contribution in [0, 0.1) is 20.8 Å². The molecule has 0 spiro atoms. The summed E-state index contributed by atoms with van der Waals surface area (Å²) in [6, 6.07) is 11.0. The highest BCUT2D eigenvalue weighted by atomic mass is 16.2. The third kappa shape index (κ3) is 5.51. The minimum absolute atomic E-state index is 0.185. The number of amides is 3. The number of aromatic nitrogens is 1. The molecule has 3 aromatic rings. The maximum Gasteiger partial charge on any atom is 0.243 e. The molecule has 0 aliphatic rings. The first-order chi connectivity index (χ1) is 14.7. The summed E-state index contributed by atoms with van der Waals surface area (Å²) in [5, 5.41) is 9.19. The number of benzene rings is 2. The number of aryl methyl sites for hydroxylation is 3. The van der Waals surface area contributed by atoms with Gasteiger partial charge in [-0.05, 0) is 43.5 Å². The van der Waals surface area contributed by atoms with Gasteiger partial charge in [0.05, 0.1) is 6.54 Å². The lowest BCUT2D eigenvalue weighted by Crippen LogP contribution is -2.49. The number of fused-ring (bicyclic) bond motifs is 1. The van der Waals surface area contributed by atoms with Crippen molar-refractivity contribution in [1.82, 2.24) is 15.6 Å². The van der Waals surface area contributed by atoms with Crippen molar-refractivity contribution in [2.75, 3.05) is 11.9 Å². The average Bonchev–Trinajstić information content (AvgIpc) is 3.11. The summed E-state index contributed by atoms with van der Waals surface area (Å²) in [4.78, 5) is 40.0. The van der Waals surface area contributed by atoms with E-state index in [0.29, 0.717) is 6.42 Å². The van der Waals surface area contributed by atoms with Crippen LogP contribution in [0.4, 0.5) is 5.69 Å². The standard InChI is InChI=1S/C24H28N4O3/c1-14-9-15(2)23(16(3)10-14)28-22(30)13-26-24(31)21(27-17(4)29)11-18-12-25-20-8-6-5-7-19(18)20/h5-10,12,21,25H,11,13H2,1-4H3,(H,26,31)(H,27,29)(H,28,30)/t21-/m0/s1. The predicted octanol–water partition coefficient (Wildman–Crippen LogP) is 2.90. The van der Waals surface area contributed by atoms with Crippen LogP contribution in [0.15, 0.2) is 42.6 Å². The van der Waals surface area contributed by atoms with E-state index in [1.807, 2.05) is 63.4 Å². The Balaban J connectivity index is 1.65. The Kier molecular flexibility index (Phi) is 6.74. The summed E-state index contributed by atoms with van der Waals surface area (Å²) in [5.74, 6) is -1.04.